The Kier molecular flexibility index (Phi) is 4.75. The van der Waals surface area contributed by atoms with Crippen molar-refractivity contribution in [2.24, 2.45) is 5.73 Å². The Bertz CT molecular complexity index is 741. The molecule has 6 heteroatoms. The lowest BCUT2D eigenvalue weighted by atomic mass is 10.0. The quantitative estimate of drug-likeness (QED) is 0.926. The van der Waals surface area contributed by atoms with Crippen LogP contribution in [-0.2, 0) is 0 Å². The average Bonchev–Trinajstić information content (AvgIpc) is 3.15. The average molecular weight is 348 g/mol. The number of carbonyl (C=O) groups excluding carboxylic acids is 1. The van der Waals surface area contributed by atoms with E-state index in [0.717, 1.165) is 21.2 Å². The molecule has 2 heterocycles. The van der Waals surface area contributed by atoms with E-state index in [4.69, 9.17) is 5.73 Å². The first kappa shape index (κ1) is 16.5. The maximum Gasteiger partial charge on any atom is 0.274 e. The van der Waals surface area contributed by atoms with Crippen molar-refractivity contribution in [1.29, 1.82) is 0 Å². The number of nitrogens with two attached hydrogens (primary N) is 1. The van der Waals surface area contributed by atoms with Gasteiger partial charge in [0, 0.05) is 12.3 Å². The maximum atomic E-state index is 13.0. The minimum absolute atomic E-state index is 0.00280. The van der Waals surface area contributed by atoms with E-state index in [1.54, 1.807) is 23.1 Å². The highest BCUT2D eigenvalue weighted by Gasteiger charge is 2.32. The Morgan fingerprint density at radius 1 is 1.35 bits per heavy atom. The number of nitrogens with zero attached hydrogens (tertiary/aromatic N) is 2. The number of aromatic nitrogens is 1. The van der Waals surface area contributed by atoms with Crippen molar-refractivity contribution >= 4 is 29.0 Å². The smallest absolute Gasteiger partial charge is 0.274 e. The fourth-order valence-electron chi connectivity index (χ4n) is 2.69. The molecule has 1 aromatic heterocycles. The van der Waals surface area contributed by atoms with E-state index in [2.05, 4.69) is 37.0 Å². The number of amides is 1. The van der Waals surface area contributed by atoms with Gasteiger partial charge < -0.3 is 10.6 Å². The van der Waals surface area contributed by atoms with E-state index in [0.29, 0.717) is 18.1 Å². The lowest BCUT2D eigenvalue weighted by molar-refractivity contribution is 0.0748. The molecule has 23 heavy (non-hydrogen) atoms. The summed E-state index contributed by atoms with van der Waals surface area (Å²) < 4.78 is 0. The van der Waals surface area contributed by atoms with Crippen molar-refractivity contribution in [1.82, 2.24) is 9.88 Å². The molecule has 3 rings (SSSR count). The highest BCUT2D eigenvalue weighted by atomic mass is 32.2. The summed E-state index contributed by atoms with van der Waals surface area (Å²) in [6.45, 7) is 6.64. The molecule has 2 N–H and O–H groups in total. The summed E-state index contributed by atoms with van der Waals surface area (Å²) >= 11 is 3.33. The fraction of sp³-hybridized carbons (Fsp3) is 0.412. The first-order chi connectivity index (χ1) is 11.0. The molecule has 1 fully saturated rings. The van der Waals surface area contributed by atoms with Crippen LogP contribution in [0.1, 0.15) is 26.6 Å². The molecule has 0 unspecified atom stereocenters. The van der Waals surface area contributed by atoms with Gasteiger partial charge in [0.1, 0.15) is 5.69 Å². The van der Waals surface area contributed by atoms with E-state index in [-0.39, 0.29) is 11.9 Å². The van der Waals surface area contributed by atoms with Gasteiger partial charge in [-0.3, -0.25) is 4.79 Å². The van der Waals surface area contributed by atoms with Crippen molar-refractivity contribution in [2.75, 3.05) is 18.2 Å². The second-order valence-corrected chi connectivity index (χ2v) is 8.08. The summed E-state index contributed by atoms with van der Waals surface area (Å²) in [6, 6.07) is 6.42. The Morgan fingerprint density at radius 3 is 2.83 bits per heavy atom. The number of carbonyl (C=O) groups is 1. The number of thioether (sulfide) groups is 1. The minimum atomic E-state index is 0.00280. The summed E-state index contributed by atoms with van der Waals surface area (Å²) in [6.07, 6.45) is 0. The van der Waals surface area contributed by atoms with Gasteiger partial charge in [0.2, 0.25) is 0 Å². The van der Waals surface area contributed by atoms with Gasteiger partial charge in [-0.05, 0) is 37.5 Å². The Labute approximate surface area is 145 Å². The van der Waals surface area contributed by atoms with Crippen LogP contribution in [0.2, 0.25) is 0 Å². The van der Waals surface area contributed by atoms with E-state index in [1.165, 1.54) is 11.1 Å². The molecule has 0 saturated carbocycles. The van der Waals surface area contributed by atoms with Gasteiger partial charge in [-0.15, -0.1) is 23.1 Å². The van der Waals surface area contributed by atoms with Crippen molar-refractivity contribution < 1.29 is 4.79 Å². The van der Waals surface area contributed by atoms with E-state index >= 15 is 0 Å². The summed E-state index contributed by atoms with van der Waals surface area (Å²) in [5.74, 6) is 1.61. The molecule has 0 bridgehead atoms. The molecule has 1 atom stereocenters. The van der Waals surface area contributed by atoms with Gasteiger partial charge in [0.05, 0.1) is 21.8 Å². The van der Waals surface area contributed by atoms with Gasteiger partial charge in [0.15, 0.2) is 0 Å². The number of thiazole rings is 1. The second kappa shape index (κ2) is 6.63. The molecule has 1 aliphatic heterocycles. The molecule has 1 saturated heterocycles. The van der Waals surface area contributed by atoms with Crippen molar-refractivity contribution in [3.05, 3.63) is 40.0 Å². The van der Waals surface area contributed by atoms with Crippen LogP contribution in [0, 0.1) is 20.8 Å². The van der Waals surface area contributed by atoms with Crippen LogP contribution < -0.4 is 5.73 Å². The zero-order chi connectivity index (χ0) is 16.6. The third kappa shape index (κ3) is 3.16. The van der Waals surface area contributed by atoms with Crippen LogP contribution in [0.15, 0.2) is 18.2 Å². The molecule has 0 spiro atoms. The van der Waals surface area contributed by atoms with Crippen LogP contribution in [0.3, 0.4) is 0 Å². The fourth-order valence-corrected chi connectivity index (χ4v) is 4.81. The predicted octanol–water partition coefficient (Wildman–Crippen LogP) is 3.21. The number of rotatable bonds is 3. The Balaban J connectivity index is 2.00. The summed E-state index contributed by atoms with van der Waals surface area (Å²) in [5.41, 5.74) is 9.92. The van der Waals surface area contributed by atoms with E-state index < -0.39 is 0 Å². The number of hydrogen-bond donors (Lipinski definition) is 1. The zero-order valence-electron chi connectivity index (χ0n) is 13.6. The van der Waals surface area contributed by atoms with Gasteiger partial charge in [0.25, 0.3) is 5.91 Å². The molecule has 1 aliphatic rings. The first-order valence-electron chi connectivity index (χ1n) is 7.65. The van der Waals surface area contributed by atoms with Crippen LogP contribution in [0.4, 0.5) is 0 Å². The molecule has 0 radical (unpaired) electrons. The summed E-state index contributed by atoms with van der Waals surface area (Å²) in [4.78, 5) is 20.3. The highest BCUT2D eigenvalue weighted by molar-refractivity contribution is 7.99. The second-order valence-electron chi connectivity index (χ2n) is 5.87. The molecule has 4 nitrogen and oxygen atoms in total. The van der Waals surface area contributed by atoms with Crippen LogP contribution in [-0.4, -0.2) is 40.0 Å². The number of aryl methyl sites for hydroxylation is 3. The first-order valence-corrected chi connectivity index (χ1v) is 9.62. The molecule has 0 aliphatic carbocycles. The maximum absolute atomic E-state index is 13.0. The van der Waals surface area contributed by atoms with Crippen LogP contribution >= 0.6 is 23.1 Å². The van der Waals surface area contributed by atoms with Crippen molar-refractivity contribution in [3.63, 3.8) is 0 Å². The standard InChI is InChI=1S/C17H21N3OS2/c1-10-4-5-13(6-11(10)2)16-15(19-12(3)23-16)17(21)20-9-22-8-14(20)7-18/h4-6,14H,7-9,18H2,1-3H3/t14-/m1/s1. The predicted molar refractivity (Wildman–Crippen MR) is 98.1 cm³/mol. The SMILES string of the molecule is Cc1nc(C(=O)N2CSC[C@H]2CN)c(-c2ccc(C)c(C)c2)s1. The summed E-state index contributed by atoms with van der Waals surface area (Å²) in [7, 11) is 0. The van der Waals surface area contributed by atoms with Gasteiger partial charge in [-0.25, -0.2) is 4.98 Å². The largest absolute Gasteiger partial charge is 0.328 e. The number of hydrogen-bond acceptors (Lipinski definition) is 5. The molecule has 2 aromatic rings. The van der Waals surface area contributed by atoms with Gasteiger partial charge in [-0.1, -0.05) is 18.2 Å². The monoisotopic (exact) mass is 347 g/mol. The zero-order valence-corrected chi connectivity index (χ0v) is 15.3. The molecular formula is C17H21N3OS2. The van der Waals surface area contributed by atoms with E-state index in [9.17, 15) is 4.79 Å². The van der Waals surface area contributed by atoms with Crippen LogP contribution in [0.25, 0.3) is 10.4 Å². The third-order valence-electron chi connectivity index (χ3n) is 4.22. The molecule has 1 amide bonds. The van der Waals surface area contributed by atoms with Gasteiger partial charge in [-0.2, -0.15) is 0 Å². The minimum Gasteiger partial charge on any atom is -0.328 e. The highest BCUT2D eigenvalue weighted by Crippen LogP contribution is 2.33. The number of benzene rings is 1. The Morgan fingerprint density at radius 2 is 2.13 bits per heavy atom. The molecular weight excluding hydrogens is 326 g/mol. The lowest BCUT2D eigenvalue weighted by Gasteiger charge is -2.22. The topological polar surface area (TPSA) is 59.2 Å². The van der Waals surface area contributed by atoms with Crippen molar-refractivity contribution in [2.45, 2.75) is 26.8 Å². The molecule has 1 aromatic carbocycles. The third-order valence-corrected chi connectivity index (χ3v) is 6.32. The molecule has 122 valence electrons. The van der Waals surface area contributed by atoms with Gasteiger partial charge >= 0.3 is 0 Å². The lowest BCUT2D eigenvalue weighted by Crippen LogP contribution is -2.41. The van der Waals surface area contributed by atoms with E-state index in [1.807, 2.05) is 11.8 Å². The normalized spacial score (nSPS) is 17.7. The van der Waals surface area contributed by atoms with Crippen LogP contribution in [0.5, 0.6) is 0 Å². The Hall–Kier alpha value is -1.37. The summed E-state index contributed by atoms with van der Waals surface area (Å²) in [5, 5.41) is 0.915. The van der Waals surface area contributed by atoms with Crippen molar-refractivity contribution in [3.8, 4) is 10.4 Å².